The lowest BCUT2D eigenvalue weighted by molar-refractivity contribution is -0.123. The lowest BCUT2D eigenvalue weighted by Crippen LogP contribution is -2.47. The third-order valence-corrected chi connectivity index (χ3v) is 4.42. The van der Waals surface area contributed by atoms with Gasteiger partial charge in [-0.05, 0) is 44.6 Å². The SMILES string of the molecule is CN1CCCN(CC(=O)NC2COc3ccccc3C2)CC1. The predicted molar refractivity (Wildman–Crippen MR) is 86.1 cm³/mol. The predicted octanol–water partition coefficient (Wildman–Crippen LogP) is 0.744. The smallest absolute Gasteiger partial charge is 0.234 e. The van der Waals surface area contributed by atoms with Crippen molar-refractivity contribution in [1.82, 2.24) is 15.1 Å². The molecule has 1 amide bonds. The summed E-state index contributed by atoms with van der Waals surface area (Å²) in [5, 5.41) is 3.12. The van der Waals surface area contributed by atoms with Gasteiger partial charge >= 0.3 is 0 Å². The van der Waals surface area contributed by atoms with Gasteiger partial charge in [-0.2, -0.15) is 0 Å². The molecule has 1 saturated heterocycles. The normalized spacial score (nSPS) is 23.2. The molecule has 5 nitrogen and oxygen atoms in total. The van der Waals surface area contributed by atoms with E-state index in [0.717, 1.165) is 44.8 Å². The molecule has 1 N–H and O–H groups in total. The highest BCUT2D eigenvalue weighted by molar-refractivity contribution is 5.78. The summed E-state index contributed by atoms with van der Waals surface area (Å²) in [6.45, 7) is 5.17. The molecule has 2 aliphatic rings. The minimum atomic E-state index is 0.0806. The van der Waals surface area contributed by atoms with Gasteiger partial charge in [-0.25, -0.2) is 0 Å². The average molecular weight is 303 g/mol. The van der Waals surface area contributed by atoms with E-state index in [9.17, 15) is 4.79 Å². The second-order valence-corrected chi connectivity index (χ2v) is 6.32. The fraction of sp³-hybridized carbons (Fsp3) is 0.588. The van der Waals surface area contributed by atoms with Gasteiger partial charge in [0.2, 0.25) is 5.91 Å². The number of rotatable bonds is 3. The average Bonchev–Trinajstić information content (AvgIpc) is 2.72. The van der Waals surface area contributed by atoms with Crippen LogP contribution < -0.4 is 10.1 Å². The number of carbonyl (C=O) groups is 1. The summed E-state index contributed by atoms with van der Waals surface area (Å²) < 4.78 is 5.73. The van der Waals surface area contributed by atoms with E-state index in [-0.39, 0.29) is 11.9 Å². The Bertz CT molecular complexity index is 520. The van der Waals surface area contributed by atoms with Crippen LogP contribution >= 0.6 is 0 Å². The van der Waals surface area contributed by atoms with E-state index >= 15 is 0 Å². The topological polar surface area (TPSA) is 44.8 Å². The quantitative estimate of drug-likeness (QED) is 0.895. The van der Waals surface area contributed by atoms with Gasteiger partial charge in [0.1, 0.15) is 12.4 Å². The van der Waals surface area contributed by atoms with Gasteiger partial charge in [0.15, 0.2) is 0 Å². The maximum absolute atomic E-state index is 12.3. The summed E-state index contributed by atoms with van der Waals surface area (Å²) in [4.78, 5) is 16.8. The molecular weight excluding hydrogens is 278 g/mol. The van der Waals surface area contributed by atoms with E-state index in [1.165, 1.54) is 5.56 Å². The number of para-hydroxylation sites is 1. The largest absolute Gasteiger partial charge is 0.491 e. The fourth-order valence-electron chi connectivity index (χ4n) is 3.16. The number of fused-ring (bicyclic) bond motifs is 1. The van der Waals surface area contributed by atoms with E-state index in [1.54, 1.807) is 0 Å². The molecule has 1 unspecified atom stereocenters. The van der Waals surface area contributed by atoms with Crippen molar-refractivity contribution in [2.75, 3.05) is 46.4 Å². The highest BCUT2D eigenvalue weighted by Gasteiger charge is 2.22. The number of hydrogen-bond donors (Lipinski definition) is 1. The summed E-state index contributed by atoms with van der Waals surface area (Å²) in [6, 6.07) is 8.13. The van der Waals surface area contributed by atoms with Crippen LogP contribution in [0.25, 0.3) is 0 Å². The monoisotopic (exact) mass is 303 g/mol. The summed E-state index contributed by atoms with van der Waals surface area (Å²) in [6.07, 6.45) is 1.98. The van der Waals surface area contributed by atoms with Gasteiger partial charge in [0, 0.05) is 13.1 Å². The molecule has 120 valence electrons. The number of ether oxygens (including phenoxy) is 1. The Kier molecular flexibility index (Phi) is 4.95. The molecule has 2 heterocycles. The van der Waals surface area contributed by atoms with E-state index in [2.05, 4.69) is 28.2 Å². The fourth-order valence-corrected chi connectivity index (χ4v) is 3.16. The zero-order valence-electron chi connectivity index (χ0n) is 13.3. The van der Waals surface area contributed by atoms with Gasteiger partial charge in [0.05, 0.1) is 12.6 Å². The van der Waals surface area contributed by atoms with E-state index in [4.69, 9.17) is 4.74 Å². The summed E-state index contributed by atoms with van der Waals surface area (Å²) in [5.74, 6) is 1.06. The molecule has 2 aliphatic heterocycles. The van der Waals surface area contributed by atoms with Crippen molar-refractivity contribution in [3.05, 3.63) is 29.8 Å². The Morgan fingerprint density at radius 3 is 3.05 bits per heavy atom. The lowest BCUT2D eigenvalue weighted by Gasteiger charge is -2.27. The molecule has 1 aromatic carbocycles. The third-order valence-electron chi connectivity index (χ3n) is 4.42. The number of carbonyl (C=O) groups excluding carboxylic acids is 1. The molecule has 0 spiro atoms. The number of likely N-dealkylation sites (N-methyl/N-ethyl adjacent to an activating group) is 1. The van der Waals surface area contributed by atoms with E-state index in [1.807, 2.05) is 18.2 Å². The number of amides is 1. The summed E-state index contributed by atoms with van der Waals surface area (Å²) in [5.41, 5.74) is 1.18. The maximum Gasteiger partial charge on any atom is 0.234 e. The van der Waals surface area contributed by atoms with Gasteiger partial charge in [-0.1, -0.05) is 18.2 Å². The Morgan fingerprint density at radius 2 is 2.14 bits per heavy atom. The zero-order chi connectivity index (χ0) is 15.4. The minimum Gasteiger partial charge on any atom is -0.491 e. The lowest BCUT2D eigenvalue weighted by atomic mass is 10.0. The van der Waals surface area contributed by atoms with E-state index in [0.29, 0.717) is 13.2 Å². The molecule has 1 fully saturated rings. The van der Waals surface area contributed by atoms with Crippen LogP contribution in [0.5, 0.6) is 5.75 Å². The van der Waals surface area contributed by atoms with Crippen molar-refractivity contribution >= 4 is 5.91 Å². The molecular formula is C17H25N3O2. The zero-order valence-corrected chi connectivity index (χ0v) is 13.3. The van der Waals surface area contributed by atoms with Gasteiger partial charge in [-0.15, -0.1) is 0 Å². The first-order chi connectivity index (χ1) is 10.7. The second kappa shape index (κ2) is 7.11. The Labute approximate surface area is 132 Å². The molecule has 0 bridgehead atoms. The number of benzene rings is 1. The molecule has 22 heavy (non-hydrogen) atoms. The van der Waals surface area contributed by atoms with Crippen LogP contribution in [0.15, 0.2) is 24.3 Å². The van der Waals surface area contributed by atoms with Crippen LogP contribution in [0.1, 0.15) is 12.0 Å². The molecule has 0 aliphatic carbocycles. The maximum atomic E-state index is 12.3. The summed E-state index contributed by atoms with van der Waals surface area (Å²) in [7, 11) is 2.14. The van der Waals surface area contributed by atoms with Crippen LogP contribution in [-0.2, 0) is 11.2 Å². The minimum absolute atomic E-state index is 0.0806. The van der Waals surface area contributed by atoms with Crippen LogP contribution in [0, 0.1) is 0 Å². The van der Waals surface area contributed by atoms with Gasteiger partial charge in [0.25, 0.3) is 0 Å². The van der Waals surface area contributed by atoms with Crippen molar-refractivity contribution < 1.29 is 9.53 Å². The van der Waals surface area contributed by atoms with Crippen molar-refractivity contribution in [1.29, 1.82) is 0 Å². The molecule has 1 atom stereocenters. The molecule has 3 rings (SSSR count). The van der Waals surface area contributed by atoms with Gasteiger partial charge in [-0.3, -0.25) is 9.69 Å². The second-order valence-electron chi connectivity index (χ2n) is 6.32. The molecule has 0 aromatic heterocycles. The van der Waals surface area contributed by atoms with Crippen molar-refractivity contribution in [3.8, 4) is 5.75 Å². The first-order valence-corrected chi connectivity index (χ1v) is 8.11. The highest BCUT2D eigenvalue weighted by Crippen LogP contribution is 2.23. The molecule has 5 heteroatoms. The van der Waals surface area contributed by atoms with E-state index < -0.39 is 0 Å². The summed E-state index contributed by atoms with van der Waals surface area (Å²) >= 11 is 0. The van der Waals surface area contributed by atoms with Crippen LogP contribution in [0.2, 0.25) is 0 Å². The molecule has 0 saturated carbocycles. The van der Waals surface area contributed by atoms with Crippen molar-refractivity contribution in [2.45, 2.75) is 18.9 Å². The van der Waals surface area contributed by atoms with Gasteiger partial charge < -0.3 is 15.0 Å². The standard InChI is InChI=1S/C17H25N3O2/c1-19-7-4-8-20(10-9-19)12-17(21)18-15-11-14-5-2-3-6-16(14)22-13-15/h2-3,5-6,15H,4,7-13H2,1H3,(H,18,21). The van der Waals surface area contributed by atoms with Crippen LogP contribution in [-0.4, -0.2) is 68.1 Å². The first kappa shape index (κ1) is 15.3. The highest BCUT2D eigenvalue weighted by atomic mass is 16.5. The van der Waals surface area contributed by atoms with Crippen LogP contribution in [0.4, 0.5) is 0 Å². The van der Waals surface area contributed by atoms with Crippen molar-refractivity contribution in [2.24, 2.45) is 0 Å². The molecule has 1 aromatic rings. The number of nitrogens with zero attached hydrogens (tertiary/aromatic N) is 2. The van der Waals surface area contributed by atoms with Crippen molar-refractivity contribution in [3.63, 3.8) is 0 Å². The third kappa shape index (κ3) is 3.99. The Morgan fingerprint density at radius 1 is 1.27 bits per heavy atom. The molecule has 0 radical (unpaired) electrons. The first-order valence-electron chi connectivity index (χ1n) is 8.11. The number of nitrogens with one attached hydrogen (secondary N) is 1. The Balaban J connectivity index is 1.48. The Hall–Kier alpha value is -1.59. The number of hydrogen-bond acceptors (Lipinski definition) is 4. The van der Waals surface area contributed by atoms with Crippen LogP contribution in [0.3, 0.4) is 0 Å².